The number of carbonyl (C=O) groups excluding carboxylic acids is 1. The summed E-state index contributed by atoms with van der Waals surface area (Å²) in [5, 5.41) is 0.873. The van der Waals surface area contributed by atoms with E-state index >= 15 is 0 Å². The minimum Gasteiger partial charge on any atom is -0.348 e. The average Bonchev–Trinajstić information content (AvgIpc) is 2.98. The molecule has 130 valence electrons. The van der Waals surface area contributed by atoms with Crippen molar-refractivity contribution < 1.29 is 9.18 Å². The summed E-state index contributed by atoms with van der Waals surface area (Å²) < 4.78 is 14.7. The Bertz CT molecular complexity index is 744. The van der Waals surface area contributed by atoms with E-state index < -0.39 is 0 Å². The molecule has 0 atom stereocenters. The van der Waals surface area contributed by atoms with Crippen molar-refractivity contribution in [2.24, 2.45) is 5.41 Å². The Kier molecular flexibility index (Phi) is 4.51. The van der Waals surface area contributed by atoms with Gasteiger partial charge in [0.25, 0.3) is 0 Å². The minimum atomic E-state index is -0.351. The molecular formula is C18H24FN3OS. The Morgan fingerprint density at radius 1 is 1.33 bits per heavy atom. The molecule has 6 heteroatoms. The first kappa shape index (κ1) is 17.1. The quantitative estimate of drug-likeness (QED) is 0.825. The van der Waals surface area contributed by atoms with E-state index in [-0.39, 0.29) is 23.2 Å². The first-order chi connectivity index (χ1) is 11.3. The van der Waals surface area contributed by atoms with Crippen LogP contribution in [0, 0.1) is 11.2 Å². The predicted octanol–water partition coefficient (Wildman–Crippen LogP) is 3.91. The summed E-state index contributed by atoms with van der Waals surface area (Å²) in [6, 6.07) is 5.34. The highest BCUT2D eigenvalue weighted by Crippen LogP contribution is 2.32. The Labute approximate surface area is 146 Å². The number of piperidine rings is 1. The monoisotopic (exact) mass is 349 g/mol. The number of para-hydroxylation sites is 1. The molecule has 0 bridgehead atoms. The van der Waals surface area contributed by atoms with Gasteiger partial charge in [0.1, 0.15) is 11.3 Å². The van der Waals surface area contributed by atoms with Crippen molar-refractivity contribution in [1.82, 2.24) is 9.88 Å². The molecule has 1 saturated heterocycles. The van der Waals surface area contributed by atoms with Crippen LogP contribution in [0.5, 0.6) is 0 Å². The summed E-state index contributed by atoms with van der Waals surface area (Å²) in [5.74, 6) is -0.0802. The summed E-state index contributed by atoms with van der Waals surface area (Å²) in [6.45, 7) is 7.55. The second-order valence-electron chi connectivity index (χ2n) is 7.47. The minimum absolute atomic E-state index is 0.183. The second kappa shape index (κ2) is 6.31. The number of amides is 1. The number of thiazole rings is 1. The Hall–Kier alpha value is -1.69. The van der Waals surface area contributed by atoms with Crippen molar-refractivity contribution in [2.45, 2.75) is 39.7 Å². The summed E-state index contributed by atoms with van der Waals surface area (Å²) in [5.41, 5.74) is 0.107. The molecule has 1 aliphatic rings. The Balaban J connectivity index is 1.68. The molecule has 2 aromatic rings. The average molecular weight is 349 g/mol. The number of halogens is 1. The van der Waals surface area contributed by atoms with Crippen molar-refractivity contribution in [3.8, 4) is 0 Å². The van der Waals surface area contributed by atoms with E-state index in [0.717, 1.165) is 35.8 Å². The zero-order valence-electron chi connectivity index (χ0n) is 14.7. The molecule has 1 aromatic carbocycles. The highest BCUT2D eigenvalue weighted by atomic mass is 32.1. The Morgan fingerprint density at radius 3 is 2.58 bits per heavy atom. The van der Waals surface area contributed by atoms with Crippen LogP contribution in [0.25, 0.3) is 10.2 Å². The van der Waals surface area contributed by atoms with Crippen LogP contribution in [0.15, 0.2) is 18.2 Å². The number of hydrogen-bond donors (Lipinski definition) is 0. The van der Waals surface area contributed by atoms with Crippen LogP contribution in [0.3, 0.4) is 0 Å². The summed E-state index contributed by atoms with van der Waals surface area (Å²) in [7, 11) is 1.90. The third-order valence-corrected chi connectivity index (χ3v) is 5.68. The lowest BCUT2D eigenvalue weighted by molar-refractivity contribution is -0.140. The van der Waals surface area contributed by atoms with E-state index in [0.29, 0.717) is 5.52 Å². The van der Waals surface area contributed by atoms with Crippen LogP contribution in [-0.4, -0.2) is 42.0 Å². The second-order valence-corrected chi connectivity index (χ2v) is 8.48. The van der Waals surface area contributed by atoms with Crippen LogP contribution in [-0.2, 0) is 4.79 Å². The van der Waals surface area contributed by atoms with Gasteiger partial charge in [0.2, 0.25) is 5.91 Å². The fraction of sp³-hybridized carbons (Fsp3) is 0.556. The molecule has 1 fully saturated rings. The fourth-order valence-corrected chi connectivity index (χ4v) is 4.21. The van der Waals surface area contributed by atoms with Gasteiger partial charge in [0, 0.05) is 31.6 Å². The standard InChI is InChI=1S/C18H24FN3OS/c1-18(2,3)16(23)21(4)12-8-10-22(11-9-12)17-20-15-13(19)6-5-7-14(15)24-17/h5-7,12H,8-11H2,1-4H3. The normalized spacial score (nSPS) is 16.6. The van der Waals surface area contributed by atoms with Crippen molar-refractivity contribution >= 4 is 32.6 Å². The molecular weight excluding hydrogens is 325 g/mol. The SMILES string of the molecule is CN(C(=O)C(C)(C)C)C1CCN(c2nc3c(F)cccc3s2)CC1. The van der Waals surface area contributed by atoms with Crippen molar-refractivity contribution in [3.63, 3.8) is 0 Å². The lowest BCUT2D eigenvalue weighted by Crippen LogP contribution is -2.48. The molecule has 2 heterocycles. The number of anilines is 1. The first-order valence-electron chi connectivity index (χ1n) is 8.34. The molecule has 1 aliphatic heterocycles. The number of rotatable bonds is 2. The molecule has 0 spiro atoms. The smallest absolute Gasteiger partial charge is 0.227 e. The lowest BCUT2D eigenvalue weighted by atomic mass is 9.93. The highest BCUT2D eigenvalue weighted by Gasteiger charge is 2.32. The molecule has 1 aromatic heterocycles. The van der Waals surface area contributed by atoms with E-state index in [9.17, 15) is 9.18 Å². The van der Waals surface area contributed by atoms with Crippen molar-refractivity contribution in [1.29, 1.82) is 0 Å². The molecule has 1 amide bonds. The number of fused-ring (bicyclic) bond motifs is 1. The number of carbonyl (C=O) groups is 1. The zero-order valence-corrected chi connectivity index (χ0v) is 15.5. The van der Waals surface area contributed by atoms with Crippen LogP contribution in [0.2, 0.25) is 0 Å². The van der Waals surface area contributed by atoms with Crippen LogP contribution in [0.4, 0.5) is 9.52 Å². The maximum atomic E-state index is 13.8. The van der Waals surface area contributed by atoms with Crippen molar-refractivity contribution in [3.05, 3.63) is 24.0 Å². The van der Waals surface area contributed by atoms with E-state index in [1.54, 1.807) is 6.07 Å². The molecule has 0 unspecified atom stereocenters. The Morgan fingerprint density at radius 2 is 2.00 bits per heavy atom. The van der Waals surface area contributed by atoms with Gasteiger partial charge in [0.05, 0.1) is 4.70 Å². The van der Waals surface area contributed by atoms with E-state index in [4.69, 9.17) is 0 Å². The number of nitrogens with zero attached hydrogens (tertiary/aromatic N) is 3. The van der Waals surface area contributed by atoms with Gasteiger partial charge in [-0.1, -0.05) is 38.2 Å². The molecule has 0 saturated carbocycles. The van der Waals surface area contributed by atoms with Gasteiger partial charge in [0.15, 0.2) is 5.13 Å². The third kappa shape index (κ3) is 3.24. The molecule has 4 nitrogen and oxygen atoms in total. The molecule has 0 aliphatic carbocycles. The molecule has 3 rings (SSSR count). The van der Waals surface area contributed by atoms with Crippen molar-refractivity contribution in [2.75, 3.05) is 25.0 Å². The topological polar surface area (TPSA) is 36.4 Å². The van der Waals surface area contributed by atoms with E-state index in [2.05, 4.69) is 9.88 Å². The highest BCUT2D eigenvalue weighted by molar-refractivity contribution is 7.22. The zero-order chi connectivity index (χ0) is 17.5. The fourth-order valence-electron chi connectivity index (χ4n) is 3.18. The van der Waals surface area contributed by atoms with Gasteiger partial charge in [-0.15, -0.1) is 0 Å². The van der Waals surface area contributed by atoms with Gasteiger partial charge in [-0.25, -0.2) is 9.37 Å². The van der Waals surface area contributed by atoms with Gasteiger partial charge in [-0.05, 0) is 25.0 Å². The number of benzene rings is 1. The summed E-state index contributed by atoms with van der Waals surface area (Å²) in [4.78, 5) is 21.0. The van der Waals surface area contributed by atoms with Gasteiger partial charge < -0.3 is 9.80 Å². The maximum absolute atomic E-state index is 13.8. The third-order valence-electron chi connectivity index (χ3n) is 4.60. The van der Waals surface area contributed by atoms with Gasteiger partial charge in [-0.3, -0.25) is 4.79 Å². The molecule has 24 heavy (non-hydrogen) atoms. The van der Waals surface area contributed by atoms with E-state index in [1.807, 2.05) is 38.8 Å². The number of aromatic nitrogens is 1. The van der Waals surface area contributed by atoms with Crippen LogP contribution < -0.4 is 4.90 Å². The van der Waals surface area contributed by atoms with Gasteiger partial charge >= 0.3 is 0 Å². The molecule has 0 radical (unpaired) electrons. The van der Waals surface area contributed by atoms with E-state index in [1.165, 1.54) is 17.4 Å². The predicted molar refractivity (Wildman–Crippen MR) is 97.0 cm³/mol. The lowest BCUT2D eigenvalue weighted by Gasteiger charge is -2.38. The van der Waals surface area contributed by atoms with Crippen LogP contribution >= 0.6 is 11.3 Å². The number of hydrogen-bond acceptors (Lipinski definition) is 4. The summed E-state index contributed by atoms with van der Waals surface area (Å²) in [6.07, 6.45) is 1.83. The van der Waals surface area contributed by atoms with Crippen LogP contribution in [0.1, 0.15) is 33.6 Å². The largest absolute Gasteiger partial charge is 0.348 e. The molecule has 0 N–H and O–H groups in total. The maximum Gasteiger partial charge on any atom is 0.227 e. The van der Waals surface area contributed by atoms with Gasteiger partial charge in [-0.2, -0.15) is 0 Å². The summed E-state index contributed by atoms with van der Waals surface area (Å²) >= 11 is 1.53. The first-order valence-corrected chi connectivity index (χ1v) is 9.16.